The number of fused-ring (bicyclic) bond motifs is 1. The molecule has 4 heterocycles. The van der Waals surface area contributed by atoms with Gasteiger partial charge in [-0.15, -0.1) is 0 Å². The average molecular weight is 473 g/mol. The lowest BCUT2D eigenvalue weighted by Gasteiger charge is -2.35. The molecule has 9 nitrogen and oxygen atoms in total. The number of alkyl halides is 3. The Hall–Kier alpha value is -4.09. The number of halogens is 3. The van der Waals surface area contributed by atoms with Gasteiger partial charge in [0.05, 0.1) is 0 Å². The number of piperazine rings is 1. The molecular formula is C22H18F3N5O4. The number of anilines is 1. The molecule has 2 aliphatic heterocycles. The van der Waals surface area contributed by atoms with E-state index in [0.717, 1.165) is 5.56 Å². The first-order chi connectivity index (χ1) is 16.4. The molecule has 0 radical (unpaired) electrons. The van der Waals surface area contributed by atoms with Crippen molar-refractivity contribution in [2.45, 2.75) is 6.18 Å². The first kappa shape index (κ1) is 21.7. The quantitative estimate of drug-likeness (QED) is 0.534. The van der Waals surface area contributed by atoms with Crippen LogP contribution in [-0.2, 0) is 11.0 Å². The second kappa shape index (κ2) is 8.69. The zero-order valence-corrected chi connectivity index (χ0v) is 17.7. The van der Waals surface area contributed by atoms with E-state index in [1.165, 1.54) is 12.3 Å². The Balaban J connectivity index is 1.16. The van der Waals surface area contributed by atoms with E-state index in [0.29, 0.717) is 49.1 Å². The summed E-state index contributed by atoms with van der Waals surface area (Å²) in [7, 11) is 0. The van der Waals surface area contributed by atoms with Crippen LogP contribution in [-0.4, -0.2) is 58.9 Å². The first-order valence-corrected chi connectivity index (χ1v) is 10.4. The summed E-state index contributed by atoms with van der Waals surface area (Å²) in [5, 5.41) is 3.36. The number of hydrogen-bond acceptors (Lipinski definition) is 8. The molecule has 1 fully saturated rings. The van der Waals surface area contributed by atoms with Crippen molar-refractivity contribution < 1.29 is 32.0 Å². The lowest BCUT2D eigenvalue weighted by Crippen LogP contribution is -2.48. The van der Waals surface area contributed by atoms with Gasteiger partial charge < -0.3 is 23.8 Å². The van der Waals surface area contributed by atoms with Crippen LogP contribution in [0.1, 0.15) is 11.5 Å². The molecule has 1 aromatic carbocycles. The predicted molar refractivity (Wildman–Crippen MR) is 113 cm³/mol. The number of benzene rings is 1. The molecule has 5 rings (SSSR count). The molecular weight excluding hydrogens is 455 g/mol. The van der Waals surface area contributed by atoms with Crippen LogP contribution >= 0.6 is 0 Å². The van der Waals surface area contributed by atoms with Crippen LogP contribution < -0.4 is 14.4 Å². The summed E-state index contributed by atoms with van der Waals surface area (Å²) in [6.45, 7) is 2.34. The highest BCUT2D eigenvalue weighted by Gasteiger charge is 2.38. The first-order valence-electron chi connectivity index (χ1n) is 10.4. The number of pyridine rings is 1. The van der Waals surface area contributed by atoms with Crippen molar-refractivity contribution in [1.29, 1.82) is 0 Å². The fourth-order valence-electron chi connectivity index (χ4n) is 3.61. The summed E-state index contributed by atoms with van der Waals surface area (Å²) in [6.07, 6.45) is -0.0409. The van der Waals surface area contributed by atoms with E-state index in [2.05, 4.69) is 19.6 Å². The van der Waals surface area contributed by atoms with Gasteiger partial charge in [0, 0.05) is 44.0 Å². The summed E-state index contributed by atoms with van der Waals surface area (Å²) in [5.41, 5.74) is 1.15. The fraction of sp³-hybridized carbons (Fsp3) is 0.273. The topological polar surface area (TPSA) is 93.8 Å². The highest BCUT2D eigenvalue weighted by atomic mass is 19.4. The predicted octanol–water partition coefficient (Wildman–Crippen LogP) is 3.24. The molecule has 176 valence electrons. The lowest BCUT2D eigenvalue weighted by molar-refractivity contribution is -0.159. The average Bonchev–Trinajstić information content (AvgIpc) is 3.52. The Labute approximate surface area is 191 Å². The molecule has 0 N–H and O–H groups in total. The van der Waals surface area contributed by atoms with Crippen molar-refractivity contribution in [3.63, 3.8) is 0 Å². The molecule has 1 amide bonds. The number of aromatic nitrogens is 3. The van der Waals surface area contributed by atoms with E-state index in [1.54, 1.807) is 29.2 Å². The van der Waals surface area contributed by atoms with E-state index in [1.807, 2.05) is 17.0 Å². The number of hydrogen-bond donors (Lipinski definition) is 0. The largest absolute Gasteiger partial charge is 0.471 e. The van der Waals surface area contributed by atoms with Gasteiger partial charge in [0.15, 0.2) is 11.5 Å². The monoisotopic (exact) mass is 473 g/mol. The van der Waals surface area contributed by atoms with Gasteiger partial charge in [-0.25, -0.2) is 4.98 Å². The van der Waals surface area contributed by atoms with Crippen molar-refractivity contribution in [3.8, 4) is 22.9 Å². The van der Waals surface area contributed by atoms with Crippen molar-refractivity contribution in [3.05, 3.63) is 54.1 Å². The maximum absolute atomic E-state index is 12.6. The molecule has 34 heavy (non-hydrogen) atoms. The molecule has 12 heteroatoms. The second-order valence-electron chi connectivity index (χ2n) is 7.58. The third-order valence-electron chi connectivity index (χ3n) is 5.40. The number of ether oxygens (including phenoxy) is 2. The maximum atomic E-state index is 12.6. The van der Waals surface area contributed by atoms with Gasteiger partial charge in [0.2, 0.25) is 18.5 Å². The summed E-state index contributed by atoms with van der Waals surface area (Å²) >= 11 is 0. The Kier molecular flexibility index (Phi) is 5.56. The normalized spacial score (nSPS) is 15.9. The minimum Gasteiger partial charge on any atom is -0.454 e. The molecule has 0 bridgehead atoms. The van der Waals surface area contributed by atoms with Crippen LogP contribution in [0.2, 0.25) is 0 Å². The van der Waals surface area contributed by atoms with E-state index in [-0.39, 0.29) is 18.5 Å². The minimum atomic E-state index is -4.70. The van der Waals surface area contributed by atoms with Crippen LogP contribution in [0.5, 0.6) is 11.5 Å². The number of nitrogens with zero attached hydrogens (tertiary/aromatic N) is 5. The van der Waals surface area contributed by atoms with Gasteiger partial charge in [0.1, 0.15) is 5.82 Å². The van der Waals surface area contributed by atoms with Gasteiger partial charge in [-0.1, -0.05) is 11.2 Å². The van der Waals surface area contributed by atoms with Crippen LogP contribution in [0.3, 0.4) is 0 Å². The third kappa shape index (κ3) is 4.51. The lowest BCUT2D eigenvalue weighted by atomic mass is 10.2. The van der Waals surface area contributed by atoms with Crippen molar-refractivity contribution in [1.82, 2.24) is 20.0 Å². The van der Waals surface area contributed by atoms with Gasteiger partial charge in [-0.3, -0.25) is 4.79 Å². The summed E-state index contributed by atoms with van der Waals surface area (Å²) < 4.78 is 52.8. The smallest absolute Gasteiger partial charge is 0.454 e. The van der Waals surface area contributed by atoms with Gasteiger partial charge in [0.25, 0.3) is 0 Å². The summed E-state index contributed by atoms with van der Waals surface area (Å²) in [6, 6.07) is 8.73. The number of rotatable bonds is 4. The Morgan fingerprint density at radius 2 is 1.82 bits per heavy atom. The highest BCUT2D eigenvalue weighted by Crippen LogP contribution is 2.33. The minimum absolute atomic E-state index is 0.0989. The van der Waals surface area contributed by atoms with E-state index < -0.39 is 12.1 Å². The Morgan fingerprint density at radius 3 is 2.53 bits per heavy atom. The molecule has 0 spiro atoms. The molecule has 2 aliphatic rings. The highest BCUT2D eigenvalue weighted by molar-refractivity contribution is 5.92. The van der Waals surface area contributed by atoms with Crippen LogP contribution in [0.25, 0.3) is 17.5 Å². The van der Waals surface area contributed by atoms with Gasteiger partial charge in [-0.2, -0.15) is 18.2 Å². The van der Waals surface area contributed by atoms with Gasteiger partial charge in [-0.05, 0) is 35.9 Å². The van der Waals surface area contributed by atoms with Crippen LogP contribution in [0, 0.1) is 0 Å². The van der Waals surface area contributed by atoms with E-state index in [4.69, 9.17) is 9.47 Å². The zero-order chi connectivity index (χ0) is 23.7. The molecule has 0 unspecified atom stereocenters. The maximum Gasteiger partial charge on any atom is 0.471 e. The standard InChI is InChI=1S/C22H18F3N5O4/c23-22(24,25)21-27-20(28-34-21)15-3-5-18(26-12-15)29-7-9-30(10-8-29)19(31)6-2-14-1-4-16-17(11-14)33-13-32-16/h1-6,11-12H,7-10,13H2/b6-2-. The van der Waals surface area contributed by atoms with Gasteiger partial charge >= 0.3 is 12.1 Å². The van der Waals surface area contributed by atoms with Crippen molar-refractivity contribution in [2.24, 2.45) is 0 Å². The fourth-order valence-corrected chi connectivity index (χ4v) is 3.61. The molecule has 0 saturated carbocycles. The van der Waals surface area contributed by atoms with E-state index in [9.17, 15) is 18.0 Å². The molecule has 1 saturated heterocycles. The summed E-state index contributed by atoms with van der Waals surface area (Å²) in [4.78, 5) is 24.0. The second-order valence-corrected chi connectivity index (χ2v) is 7.58. The van der Waals surface area contributed by atoms with Crippen LogP contribution in [0.4, 0.5) is 19.0 Å². The molecule has 3 aromatic rings. The zero-order valence-electron chi connectivity index (χ0n) is 17.7. The Bertz CT molecular complexity index is 1220. The SMILES string of the molecule is O=C(/C=C\c1ccc2c(c1)OCO2)N1CCN(c2ccc(-c3noc(C(F)(F)F)n3)cn2)CC1. The number of carbonyl (C=O) groups is 1. The molecule has 0 aliphatic carbocycles. The van der Waals surface area contributed by atoms with Crippen molar-refractivity contribution >= 4 is 17.8 Å². The summed E-state index contributed by atoms with van der Waals surface area (Å²) in [5.74, 6) is 0.298. The molecule has 2 aromatic heterocycles. The van der Waals surface area contributed by atoms with Crippen LogP contribution in [0.15, 0.2) is 47.1 Å². The Morgan fingerprint density at radius 1 is 1.03 bits per heavy atom. The number of carbonyl (C=O) groups excluding carboxylic acids is 1. The third-order valence-corrected chi connectivity index (χ3v) is 5.40. The van der Waals surface area contributed by atoms with E-state index >= 15 is 0 Å². The number of amides is 1. The molecule has 0 atom stereocenters. The van der Waals surface area contributed by atoms with Crippen molar-refractivity contribution in [2.75, 3.05) is 37.9 Å².